The molecule has 1 heterocycles. The number of ether oxygens (including phenoxy) is 3. The summed E-state index contributed by atoms with van der Waals surface area (Å²) in [6, 6.07) is 15.0. The summed E-state index contributed by atoms with van der Waals surface area (Å²) >= 11 is 0. The van der Waals surface area contributed by atoms with E-state index in [0.717, 1.165) is 48.5 Å². The number of hydrogen-bond acceptors (Lipinski definition) is 5. The second-order valence-corrected chi connectivity index (χ2v) is 7.19. The third kappa shape index (κ3) is 6.21. The summed E-state index contributed by atoms with van der Waals surface area (Å²) < 4.78 is 16.7. The Morgan fingerprint density at radius 2 is 1.43 bits per heavy atom. The molecular formula is C25H29NO4. The van der Waals surface area contributed by atoms with Crippen LogP contribution in [-0.4, -0.2) is 25.1 Å². The molecule has 0 atom stereocenters. The molecule has 1 aliphatic rings. The number of unbranched alkanes of at least 4 members (excludes halogenated alkanes) is 3. The summed E-state index contributed by atoms with van der Waals surface area (Å²) in [6.07, 6.45) is 7.23. The van der Waals surface area contributed by atoms with E-state index < -0.39 is 5.97 Å². The number of carbonyl (C=O) groups is 1. The van der Waals surface area contributed by atoms with Gasteiger partial charge in [0.1, 0.15) is 11.5 Å². The first-order valence-corrected chi connectivity index (χ1v) is 10.7. The van der Waals surface area contributed by atoms with Crippen molar-refractivity contribution in [3.63, 3.8) is 0 Å². The molecule has 30 heavy (non-hydrogen) atoms. The molecule has 2 aromatic rings. The molecule has 0 unspecified atom stereocenters. The van der Waals surface area contributed by atoms with Crippen molar-refractivity contribution >= 4 is 17.9 Å². The molecule has 0 N–H and O–H groups in total. The van der Waals surface area contributed by atoms with E-state index in [0.29, 0.717) is 12.5 Å². The third-order valence-corrected chi connectivity index (χ3v) is 4.69. The maximum Gasteiger partial charge on any atom is 0.363 e. The Labute approximate surface area is 178 Å². The largest absolute Gasteiger partial charge is 0.494 e. The van der Waals surface area contributed by atoms with Crippen LogP contribution in [0.4, 0.5) is 0 Å². The minimum absolute atomic E-state index is 0.282. The van der Waals surface area contributed by atoms with Crippen molar-refractivity contribution in [2.45, 2.75) is 46.0 Å². The number of cyclic esters (lactones) is 1. The van der Waals surface area contributed by atoms with E-state index in [1.165, 1.54) is 12.8 Å². The fraction of sp³-hybridized carbons (Fsp3) is 0.360. The van der Waals surface area contributed by atoms with Gasteiger partial charge >= 0.3 is 5.97 Å². The number of rotatable bonds is 11. The van der Waals surface area contributed by atoms with Gasteiger partial charge in [-0.2, -0.15) is 0 Å². The molecule has 1 aliphatic heterocycles. The minimum atomic E-state index is -0.451. The second kappa shape index (κ2) is 11.2. The lowest BCUT2D eigenvalue weighted by atomic mass is 10.2. The Hall–Kier alpha value is -3.08. The van der Waals surface area contributed by atoms with E-state index in [9.17, 15) is 4.79 Å². The zero-order valence-electron chi connectivity index (χ0n) is 17.7. The van der Waals surface area contributed by atoms with Crippen molar-refractivity contribution in [2.75, 3.05) is 13.2 Å². The van der Waals surface area contributed by atoms with Crippen LogP contribution in [0.1, 0.15) is 57.1 Å². The topological polar surface area (TPSA) is 57.1 Å². The van der Waals surface area contributed by atoms with Gasteiger partial charge in [-0.05, 0) is 60.9 Å². The molecule has 0 aliphatic carbocycles. The second-order valence-electron chi connectivity index (χ2n) is 7.19. The molecule has 0 spiro atoms. The number of carbonyl (C=O) groups excluding carboxylic acids is 1. The first-order chi connectivity index (χ1) is 14.7. The van der Waals surface area contributed by atoms with E-state index in [2.05, 4.69) is 18.8 Å². The normalized spacial score (nSPS) is 14.5. The monoisotopic (exact) mass is 407 g/mol. The van der Waals surface area contributed by atoms with E-state index in [1.807, 2.05) is 48.5 Å². The van der Waals surface area contributed by atoms with Crippen LogP contribution in [0.15, 0.2) is 59.2 Å². The lowest BCUT2D eigenvalue weighted by Gasteiger charge is -2.05. The highest BCUT2D eigenvalue weighted by atomic mass is 16.6. The van der Waals surface area contributed by atoms with Crippen molar-refractivity contribution in [3.8, 4) is 11.5 Å². The standard InChI is InChI=1S/C25H29NO4/c1-3-5-7-17-29-21-12-8-19(9-13-21)18-23-25(27)30-24(26-23)20-10-14-22(15-11-20)28-16-6-4-2/h8-15,18H,3-7,16-17H2,1-2H3/b23-18-. The smallest absolute Gasteiger partial charge is 0.363 e. The molecule has 158 valence electrons. The molecule has 0 saturated carbocycles. The van der Waals surface area contributed by atoms with Gasteiger partial charge in [0, 0.05) is 5.56 Å². The Morgan fingerprint density at radius 1 is 0.833 bits per heavy atom. The van der Waals surface area contributed by atoms with Crippen molar-refractivity contribution < 1.29 is 19.0 Å². The van der Waals surface area contributed by atoms with Crippen LogP contribution < -0.4 is 9.47 Å². The number of aliphatic imine (C=N–C) groups is 1. The van der Waals surface area contributed by atoms with Gasteiger partial charge in [-0.3, -0.25) is 0 Å². The Morgan fingerprint density at radius 3 is 2.07 bits per heavy atom. The fourth-order valence-electron chi connectivity index (χ4n) is 2.92. The van der Waals surface area contributed by atoms with Gasteiger partial charge in [0.25, 0.3) is 0 Å². The zero-order chi connectivity index (χ0) is 21.2. The van der Waals surface area contributed by atoms with Gasteiger partial charge in [-0.15, -0.1) is 0 Å². The molecule has 5 nitrogen and oxygen atoms in total. The summed E-state index contributed by atoms with van der Waals surface area (Å²) in [5.74, 6) is 1.48. The van der Waals surface area contributed by atoms with E-state index in [-0.39, 0.29) is 5.70 Å². The summed E-state index contributed by atoms with van der Waals surface area (Å²) in [7, 11) is 0. The molecule has 0 aromatic heterocycles. The predicted octanol–water partition coefficient (Wildman–Crippen LogP) is 5.78. The summed E-state index contributed by atoms with van der Waals surface area (Å²) in [4.78, 5) is 16.6. The first kappa shape index (κ1) is 21.6. The molecule has 0 amide bonds. The third-order valence-electron chi connectivity index (χ3n) is 4.69. The van der Waals surface area contributed by atoms with E-state index >= 15 is 0 Å². The quantitative estimate of drug-likeness (QED) is 0.269. The molecule has 3 rings (SSSR count). The van der Waals surface area contributed by atoms with E-state index in [1.54, 1.807) is 6.08 Å². The van der Waals surface area contributed by atoms with Crippen molar-refractivity contribution in [2.24, 2.45) is 4.99 Å². The summed E-state index contributed by atoms with van der Waals surface area (Å²) in [5.41, 5.74) is 1.89. The summed E-state index contributed by atoms with van der Waals surface area (Å²) in [5, 5.41) is 0. The van der Waals surface area contributed by atoms with Crippen LogP contribution in [0.3, 0.4) is 0 Å². The average molecular weight is 408 g/mol. The van der Waals surface area contributed by atoms with Gasteiger partial charge in [0.05, 0.1) is 13.2 Å². The highest BCUT2D eigenvalue weighted by Crippen LogP contribution is 2.22. The highest BCUT2D eigenvalue weighted by Gasteiger charge is 2.24. The summed E-state index contributed by atoms with van der Waals surface area (Å²) in [6.45, 7) is 5.71. The molecule has 0 saturated heterocycles. The molecule has 0 bridgehead atoms. The number of benzene rings is 2. The zero-order valence-corrected chi connectivity index (χ0v) is 17.7. The Balaban J connectivity index is 1.62. The first-order valence-electron chi connectivity index (χ1n) is 10.7. The predicted molar refractivity (Wildman–Crippen MR) is 119 cm³/mol. The van der Waals surface area contributed by atoms with Crippen LogP contribution in [-0.2, 0) is 9.53 Å². The van der Waals surface area contributed by atoms with Gasteiger partial charge in [0.15, 0.2) is 5.70 Å². The molecule has 0 fully saturated rings. The lowest BCUT2D eigenvalue weighted by Crippen LogP contribution is -2.05. The van der Waals surface area contributed by atoms with Gasteiger partial charge in [0.2, 0.25) is 5.90 Å². The van der Waals surface area contributed by atoms with Crippen LogP contribution in [0.25, 0.3) is 6.08 Å². The van der Waals surface area contributed by atoms with Crippen molar-refractivity contribution in [1.29, 1.82) is 0 Å². The van der Waals surface area contributed by atoms with Crippen molar-refractivity contribution in [3.05, 3.63) is 65.4 Å². The van der Waals surface area contributed by atoms with Crippen molar-refractivity contribution in [1.82, 2.24) is 0 Å². The van der Waals surface area contributed by atoms with Gasteiger partial charge < -0.3 is 14.2 Å². The fourth-order valence-corrected chi connectivity index (χ4v) is 2.92. The molecule has 5 heteroatoms. The molecule has 2 aromatic carbocycles. The maximum absolute atomic E-state index is 12.2. The molecular weight excluding hydrogens is 378 g/mol. The molecule has 0 radical (unpaired) electrons. The van der Waals surface area contributed by atoms with Crippen LogP contribution in [0.2, 0.25) is 0 Å². The van der Waals surface area contributed by atoms with Gasteiger partial charge in [-0.25, -0.2) is 9.79 Å². The van der Waals surface area contributed by atoms with E-state index in [4.69, 9.17) is 14.2 Å². The number of hydrogen-bond donors (Lipinski definition) is 0. The number of nitrogens with zero attached hydrogens (tertiary/aromatic N) is 1. The maximum atomic E-state index is 12.2. The highest BCUT2D eigenvalue weighted by molar-refractivity contribution is 6.12. The minimum Gasteiger partial charge on any atom is -0.494 e. The average Bonchev–Trinajstić information content (AvgIpc) is 3.13. The van der Waals surface area contributed by atoms with Crippen LogP contribution >= 0.6 is 0 Å². The van der Waals surface area contributed by atoms with Gasteiger partial charge in [-0.1, -0.05) is 45.2 Å². The SMILES string of the molecule is CCCCCOc1ccc(/C=C2\N=C(c3ccc(OCCCC)cc3)OC2=O)cc1. The van der Waals surface area contributed by atoms with Crippen LogP contribution in [0, 0.1) is 0 Å². The Bertz CT molecular complexity index is 882. The Kier molecular flexibility index (Phi) is 8.07. The lowest BCUT2D eigenvalue weighted by molar-refractivity contribution is -0.129. The number of esters is 1. The van der Waals surface area contributed by atoms with Crippen LogP contribution in [0.5, 0.6) is 11.5 Å².